The summed E-state index contributed by atoms with van der Waals surface area (Å²) in [6.07, 6.45) is 0. The molecule has 4 heteroatoms. The summed E-state index contributed by atoms with van der Waals surface area (Å²) in [5.41, 5.74) is 5.25. The maximum absolute atomic E-state index is 5.27. The van der Waals surface area contributed by atoms with Gasteiger partial charge in [0.15, 0.2) is 0 Å². The van der Waals surface area contributed by atoms with Crippen LogP contribution in [-0.2, 0) is 12.1 Å². The first kappa shape index (κ1) is 14.7. The fourth-order valence-corrected chi connectivity index (χ4v) is 2.81. The average Bonchev–Trinajstić information content (AvgIpc) is 2.66. The van der Waals surface area contributed by atoms with Crippen molar-refractivity contribution in [3.05, 3.63) is 46.1 Å². The third-order valence-corrected chi connectivity index (χ3v) is 3.53. The second-order valence-corrected chi connectivity index (χ2v) is 5.94. The van der Waals surface area contributed by atoms with E-state index < -0.39 is 0 Å². The van der Waals surface area contributed by atoms with Gasteiger partial charge in [-0.3, -0.25) is 4.98 Å². The Hall–Kier alpha value is -1.68. The van der Waals surface area contributed by atoms with E-state index in [1.807, 2.05) is 27.7 Å². The van der Waals surface area contributed by atoms with Gasteiger partial charge in [0.25, 0.3) is 0 Å². The van der Waals surface area contributed by atoms with Crippen molar-refractivity contribution in [1.29, 1.82) is 0 Å². The Morgan fingerprint density at radius 2 is 1.70 bits per heavy atom. The minimum Gasteiger partial charge on any atom is -0.361 e. The molecule has 0 spiro atoms. The van der Waals surface area contributed by atoms with Gasteiger partial charge in [-0.2, -0.15) is 0 Å². The number of nitrogens with one attached hydrogen (secondary N) is 1. The summed E-state index contributed by atoms with van der Waals surface area (Å²) in [6.45, 7) is 13.1. The SMILES string of the molecule is Cc1cc(CNC(C)(C)c2c(C)noc2C)cc(C)n1. The normalized spacial score (nSPS) is 11.9. The van der Waals surface area contributed by atoms with E-state index in [2.05, 4.69) is 41.4 Å². The molecular weight excluding hydrogens is 250 g/mol. The summed E-state index contributed by atoms with van der Waals surface area (Å²) in [5, 5.41) is 7.63. The largest absolute Gasteiger partial charge is 0.361 e. The predicted molar refractivity (Wildman–Crippen MR) is 79.6 cm³/mol. The van der Waals surface area contributed by atoms with E-state index in [4.69, 9.17) is 4.52 Å². The highest BCUT2D eigenvalue weighted by Crippen LogP contribution is 2.27. The molecule has 0 radical (unpaired) electrons. The van der Waals surface area contributed by atoms with Crippen LogP contribution in [0.3, 0.4) is 0 Å². The van der Waals surface area contributed by atoms with Gasteiger partial charge in [-0.05, 0) is 59.2 Å². The Morgan fingerprint density at radius 3 is 2.20 bits per heavy atom. The summed E-state index contributed by atoms with van der Waals surface area (Å²) in [4.78, 5) is 4.40. The smallest absolute Gasteiger partial charge is 0.138 e. The molecular formula is C16H23N3O. The van der Waals surface area contributed by atoms with E-state index in [-0.39, 0.29) is 5.54 Å². The van der Waals surface area contributed by atoms with Gasteiger partial charge in [-0.25, -0.2) is 0 Å². The van der Waals surface area contributed by atoms with Crippen molar-refractivity contribution in [2.24, 2.45) is 0 Å². The molecule has 4 nitrogen and oxygen atoms in total. The number of aromatic nitrogens is 2. The molecule has 0 fully saturated rings. The number of pyridine rings is 1. The first-order valence-corrected chi connectivity index (χ1v) is 6.92. The van der Waals surface area contributed by atoms with E-state index in [0.717, 1.165) is 35.0 Å². The Bertz CT molecular complexity index is 574. The van der Waals surface area contributed by atoms with E-state index in [1.165, 1.54) is 5.56 Å². The molecule has 2 aromatic rings. The molecule has 2 heterocycles. The lowest BCUT2D eigenvalue weighted by molar-refractivity contribution is 0.371. The zero-order valence-electron chi connectivity index (χ0n) is 13.2. The third kappa shape index (κ3) is 3.07. The molecule has 0 saturated carbocycles. The molecule has 0 aliphatic carbocycles. The van der Waals surface area contributed by atoms with E-state index >= 15 is 0 Å². The van der Waals surface area contributed by atoms with E-state index in [1.54, 1.807) is 0 Å². The summed E-state index contributed by atoms with van der Waals surface area (Å²) < 4.78 is 5.27. The van der Waals surface area contributed by atoms with E-state index in [0.29, 0.717) is 0 Å². The van der Waals surface area contributed by atoms with Gasteiger partial charge in [-0.15, -0.1) is 0 Å². The molecule has 108 valence electrons. The minimum absolute atomic E-state index is 0.181. The fraction of sp³-hybridized carbons (Fsp3) is 0.500. The van der Waals surface area contributed by atoms with Gasteiger partial charge in [0.2, 0.25) is 0 Å². The van der Waals surface area contributed by atoms with Crippen LogP contribution >= 0.6 is 0 Å². The van der Waals surface area contributed by atoms with Crippen LogP contribution in [-0.4, -0.2) is 10.1 Å². The van der Waals surface area contributed by atoms with Crippen molar-refractivity contribution < 1.29 is 4.52 Å². The summed E-state index contributed by atoms with van der Waals surface area (Å²) >= 11 is 0. The molecule has 0 bridgehead atoms. The average molecular weight is 273 g/mol. The van der Waals surface area contributed by atoms with Gasteiger partial charge in [-0.1, -0.05) is 5.16 Å². The molecule has 20 heavy (non-hydrogen) atoms. The van der Waals surface area contributed by atoms with Crippen molar-refractivity contribution in [3.63, 3.8) is 0 Å². The van der Waals surface area contributed by atoms with Crippen LogP contribution in [0.15, 0.2) is 16.7 Å². The van der Waals surface area contributed by atoms with Gasteiger partial charge in [0, 0.05) is 29.0 Å². The predicted octanol–water partition coefficient (Wildman–Crippen LogP) is 3.33. The van der Waals surface area contributed by atoms with Crippen LogP contribution in [0.5, 0.6) is 0 Å². The third-order valence-electron chi connectivity index (χ3n) is 3.53. The second-order valence-electron chi connectivity index (χ2n) is 5.94. The zero-order valence-corrected chi connectivity index (χ0v) is 13.2. The number of hydrogen-bond acceptors (Lipinski definition) is 4. The van der Waals surface area contributed by atoms with Crippen LogP contribution in [0.25, 0.3) is 0 Å². The molecule has 2 rings (SSSR count). The van der Waals surface area contributed by atoms with Crippen molar-refractivity contribution in [1.82, 2.24) is 15.5 Å². The van der Waals surface area contributed by atoms with Crippen LogP contribution < -0.4 is 5.32 Å². The molecule has 0 amide bonds. The lowest BCUT2D eigenvalue weighted by atomic mass is 9.92. The fourth-order valence-electron chi connectivity index (χ4n) is 2.81. The van der Waals surface area contributed by atoms with Crippen molar-refractivity contribution in [3.8, 4) is 0 Å². The van der Waals surface area contributed by atoms with Gasteiger partial charge >= 0.3 is 0 Å². The first-order chi connectivity index (χ1) is 9.29. The Labute approximate surface area is 120 Å². The standard InChI is InChI=1S/C16H23N3O/c1-10-7-14(8-11(2)18-10)9-17-16(5,6)15-12(3)19-20-13(15)4/h7-8,17H,9H2,1-6H3. The Balaban J connectivity index is 2.17. The summed E-state index contributed by atoms with van der Waals surface area (Å²) in [5.74, 6) is 0.877. The molecule has 0 aliphatic rings. The van der Waals surface area contributed by atoms with Gasteiger partial charge in [0.05, 0.1) is 5.69 Å². The maximum atomic E-state index is 5.27. The molecule has 0 saturated heterocycles. The highest BCUT2D eigenvalue weighted by atomic mass is 16.5. The summed E-state index contributed by atoms with van der Waals surface area (Å²) in [7, 11) is 0. The molecule has 0 aliphatic heterocycles. The van der Waals surface area contributed by atoms with Crippen molar-refractivity contribution in [2.75, 3.05) is 0 Å². The van der Waals surface area contributed by atoms with E-state index in [9.17, 15) is 0 Å². The number of nitrogens with zero attached hydrogens (tertiary/aromatic N) is 2. The quantitative estimate of drug-likeness (QED) is 0.928. The Kier molecular flexibility index (Phi) is 3.95. The van der Waals surface area contributed by atoms with Crippen molar-refractivity contribution in [2.45, 2.75) is 53.6 Å². The van der Waals surface area contributed by atoms with Gasteiger partial charge < -0.3 is 9.84 Å². The van der Waals surface area contributed by atoms with Crippen LogP contribution in [0.1, 0.15) is 47.8 Å². The van der Waals surface area contributed by atoms with Crippen LogP contribution in [0.2, 0.25) is 0 Å². The second kappa shape index (κ2) is 5.37. The highest BCUT2D eigenvalue weighted by molar-refractivity contribution is 5.29. The number of hydrogen-bond donors (Lipinski definition) is 1. The minimum atomic E-state index is -0.181. The maximum Gasteiger partial charge on any atom is 0.138 e. The number of rotatable bonds is 4. The molecule has 0 unspecified atom stereocenters. The topological polar surface area (TPSA) is 51.0 Å². The first-order valence-electron chi connectivity index (χ1n) is 6.92. The van der Waals surface area contributed by atoms with Crippen LogP contribution in [0.4, 0.5) is 0 Å². The molecule has 0 atom stereocenters. The highest BCUT2D eigenvalue weighted by Gasteiger charge is 2.27. The van der Waals surface area contributed by atoms with Gasteiger partial charge in [0.1, 0.15) is 5.76 Å². The molecule has 2 aromatic heterocycles. The zero-order chi connectivity index (χ0) is 14.9. The number of aryl methyl sites for hydroxylation is 4. The van der Waals surface area contributed by atoms with Crippen molar-refractivity contribution >= 4 is 0 Å². The lowest BCUT2D eigenvalue weighted by Crippen LogP contribution is -2.36. The monoisotopic (exact) mass is 273 g/mol. The molecule has 1 N–H and O–H groups in total. The molecule has 0 aromatic carbocycles. The Morgan fingerprint density at radius 1 is 1.10 bits per heavy atom. The van der Waals surface area contributed by atoms with Crippen LogP contribution in [0, 0.1) is 27.7 Å². The summed E-state index contributed by atoms with van der Waals surface area (Å²) in [6, 6.07) is 4.23. The lowest BCUT2D eigenvalue weighted by Gasteiger charge is -2.26.